The molecule has 0 radical (unpaired) electrons. The molecule has 2 unspecified atom stereocenters. The van der Waals surface area contributed by atoms with Crippen molar-refractivity contribution in [3.8, 4) is 0 Å². The molecule has 0 heterocycles. The molecule has 1 aliphatic carbocycles. The minimum absolute atomic E-state index is 0.274. The molecular formula is C9H14O. The summed E-state index contributed by atoms with van der Waals surface area (Å²) in [6.45, 7) is 6.13. The van der Waals surface area contributed by atoms with E-state index >= 15 is 0 Å². The van der Waals surface area contributed by atoms with Crippen LogP contribution in [0.25, 0.3) is 0 Å². The third-order valence-corrected chi connectivity index (χ3v) is 2.09. The number of aliphatic hydroxyl groups excluding tert-OH is 1. The molecule has 1 nitrogen and oxygen atoms in total. The van der Waals surface area contributed by atoms with Gasteiger partial charge in [-0.05, 0) is 19.4 Å². The Morgan fingerprint density at radius 3 is 2.20 bits per heavy atom. The molecule has 0 bridgehead atoms. The molecule has 1 N–H and O–H groups in total. The van der Waals surface area contributed by atoms with E-state index in [-0.39, 0.29) is 12.0 Å². The Morgan fingerprint density at radius 2 is 1.70 bits per heavy atom. The van der Waals surface area contributed by atoms with Gasteiger partial charge in [0.15, 0.2) is 0 Å². The van der Waals surface area contributed by atoms with Gasteiger partial charge in [0.25, 0.3) is 0 Å². The predicted molar refractivity (Wildman–Crippen MR) is 42.7 cm³/mol. The van der Waals surface area contributed by atoms with Crippen molar-refractivity contribution in [2.24, 2.45) is 5.92 Å². The normalized spacial score (nSPS) is 33.2. The summed E-state index contributed by atoms with van der Waals surface area (Å²) in [5, 5.41) is 9.34. The molecule has 10 heavy (non-hydrogen) atoms. The first-order chi connectivity index (χ1) is 4.61. The summed E-state index contributed by atoms with van der Waals surface area (Å²) in [5.41, 5.74) is 2.49. The van der Waals surface area contributed by atoms with Crippen LogP contribution >= 0.6 is 0 Å². The van der Waals surface area contributed by atoms with Crippen LogP contribution in [-0.2, 0) is 0 Å². The Balaban J connectivity index is 2.83. The average molecular weight is 138 g/mol. The van der Waals surface area contributed by atoms with Gasteiger partial charge in [0.05, 0.1) is 6.10 Å². The predicted octanol–water partition coefficient (Wildman–Crippen LogP) is 1.89. The first-order valence-electron chi connectivity index (χ1n) is 3.66. The summed E-state index contributed by atoms with van der Waals surface area (Å²) in [6.07, 6.45) is 3.75. The second-order valence-corrected chi connectivity index (χ2v) is 3.05. The van der Waals surface area contributed by atoms with Gasteiger partial charge in [-0.25, -0.2) is 0 Å². The summed E-state index contributed by atoms with van der Waals surface area (Å²) in [6, 6.07) is 0. The van der Waals surface area contributed by atoms with E-state index < -0.39 is 0 Å². The molecule has 2 atom stereocenters. The van der Waals surface area contributed by atoms with Crippen molar-refractivity contribution in [3.05, 3.63) is 23.3 Å². The topological polar surface area (TPSA) is 20.2 Å². The lowest BCUT2D eigenvalue weighted by molar-refractivity contribution is 0.182. The SMILES string of the molecule is CC1=CC(C)C(O)C=C1C. The molecule has 0 amide bonds. The van der Waals surface area contributed by atoms with Gasteiger partial charge < -0.3 is 5.11 Å². The average Bonchev–Trinajstić information content (AvgIpc) is 1.84. The highest BCUT2D eigenvalue weighted by molar-refractivity contribution is 5.32. The standard InChI is InChI=1S/C9H14O/c1-6-4-8(3)9(10)5-7(6)2/h4-5,8-10H,1-3H3. The van der Waals surface area contributed by atoms with Crippen LogP contribution in [0.5, 0.6) is 0 Å². The van der Waals surface area contributed by atoms with Crippen molar-refractivity contribution in [2.75, 3.05) is 0 Å². The Hall–Kier alpha value is -0.560. The van der Waals surface area contributed by atoms with Gasteiger partial charge in [-0.15, -0.1) is 0 Å². The Labute approximate surface area is 62.1 Å². The van der Waals surface area contributed by atoms with Gasteiger partial charge in [0, 0.05) is 5.92 Å². The second kappa shape index (κ2) is 2.59. The highest BCUT2D eigenvalue weighted by Gasteiger charge is 2.14. The summed E-state index contributed by atoms with van der Waals surface area (Å²) < 4.78 is 0. The Bertz CT molecular complexity index is 167. The summed E-state index contributed by atoms with van der Waals surface area (Å²) >= 11 is 0. The fourth-order valence-corrected chi connectivity index (χ4v) is 1.16. The Kier molecular flexibility index (Phi) is 1.95. The maximum absolute atomic E-state index is 9.34. The van der Waals surface area contributed by atoms with Crippen molar-refractivity contribution in [1.82, 2.24) is 0 Å². The van der Waals surface area contributed by atoms with Crippen LogP contribution in [0.15, 0.2) is 23.3 Å². The number of hydrogen-bond acceptors (Lipinski definition) is 1. The fraction of sp³-hybridized carbons (Fsp3) is 0.556. The van der Waals surface area contributed by atoms with Crippen LogP contribution in [0.3, 0.4) is 0 Å². The molecule has 0 aliphatic heterocycles. The molecule has 0 aromatic heterocycles. The molecular weight excluding hydrogens is 124 g/mol. The van der Waals surface area contributed by atoms with E-state index in [9.17, 15) is 5.11 Å². The van der Waals surface area contributed by atoms with E-state index in [0.717, 1.165) is 0 Å². The molecule has 56 valence electrons. The highest BCUT2D eigenvalue weighted by Crippen LogP contribution is 2.21. The van der Waals surface area contributed by atoms with Crippen molar-refractivity contribution in [2.45, 2.75) is 26.9 Å². The van der Waals surface area contributed by atoms with Crippen LogP contribution < -0.4 is 0 Å². The molecule has 0 spiro atoms. The first kappa shape index (κ1) is 7.55. The maximum atomic E-state index is 9.34. The largest absolute Gasteiger partial charge is 0.388 e. The zero-order chi connectivity index (χ0) is 7.72. The minimum atomic E-state index is -0.274. The molecule has 0 aromatic carbocycles. The fourth-order valence-electron chi connectivity index (χ4n) is 1.16. The van der Waals surface area contributed by atoms with Crippen molar-refractivity contribution < 1.29 is 5.11 Å². The van der Waals surface area contributed by atoms with E-state index in [1.165, 1.54) is 11.1 Å². The van der Waals surface area contributed by atoms with Crippen LogP contribution in [0, 0.1) is 5.92 Å². The number of hydrogen-bond donors (Lipinski definition) is 1. The smallest absolute Gasteiger partial charge is 0.0786 e. The lowest BCUT2D eigenvalue weighted by Crippen LogP contribution is -2.16. The van der Waals surface area contributed by atoms with E-state index in [4.69, 9.17) is 0 Å². The minimum Gasteiger partial charge on any atom is -0.388 e. The number of allylic oxidation sites excluding steroid dienone is 2. The maximum Gasteiger partial charge on any atom is 0.0786 e. The monoisotopic (exact) mass is 138 g/mol. The van der Waals surface area contributed by atoms with Gasteiger partial charge in [0.2, 0.25) is 0 Å². The molecule has 0 fully saturated rings. The number of rotatable bonds is 0. The van der Waals surface area contributed by atoms with Crippen LogP contribution in [0.2, 0.25) is 0 Å². The first-order valence-corrected chi connectivity index (χ1v) is 3.66. The van der Waals surface area contributed by atoms with Crippen molar-refractivity contribution in [1.29, 1.82) is 0 Å². The van der Waals surface area contributed by atoms with E-state index in [2.05, 4.69) is 13.0 Å². The van der Waals surface area contributed by atoms with Gasteiger partial charge in [-0.2, -0.15) is 0 Å². The number of aliphatic hydroxyl groups is 1. The van der Waals surface area contributed by atoms with Crippen LogP contribution in [-0.4, -0.2) is 11.2 Å². The van der Waals surface area contributed by atoms with Gasteiger partial charge in [-0.3, -0.25) is 0 Å². The zero-order valence-electron chi connectivity index (χ0n) is 6.76. The van der Waals surface area contributed by atoms with Crippen molar-refractivity contribution >= 4 is 0 Å². The molecule has 0 saturated heterocycles. The van der Waals surface area contributed by atoms with Crippen molar-refractivity contribution in [3.63, 3.8) is 0 Å². The molecule has 0 saturated carbocycles. The van der Waals surface area contributed by atoms with Crippen LogP contribution in [0.1, 0.15) is 20.8 Å². The summed E-state index contributed by atoms with van der Waals surface area (Å²) in [4.78, 5) is 0. The summed E-state index contributed by atoms with van der Waals surface area (Å²) in [7, 11) is 0. The Morgan fingerprint density at radius 1 is 1.20 bits per heavy atom. The third kappa shape index (κ3) is 1.29. The van der Waals surface area contributed by atoms with Crippen LogP contribution in [0.4, 0.5) is 0 Å². The van der Waals surface area contributed by atoms with Gasteiger partial charge in [0.1, 0.15) is 0 Å². The van der Waals surface area contributed by atoms with Gasteiger partial charge >= 0.3 is 0 Å². The lowest BCUT2D eigenvalue weighted by Gasteiger charge is -2.19. The molecule has 1 aliphatic rings. The van der Waals surface area contributed by atoms with E-state index in [0.29, 0.717) is 0 Å². The second-order valence-electron chi connectivity index (χ2n) is 3.05. The molecule has 1 rings (SSSR count). The summed E-state index contributed by atoms with van der Waals surface area (Å²) in [5.74, 6) is 0.281. The highest BCUT2D eigenvalue weighted by atomic mass is 16.3. The van der Waals surface area contributed by atoms with Gasteiger partial charge in [-0.1, -0.05) is 24.6 Å². The van der Waals surface area contributed by atoms with E-state index in [1.54, 1.807) is 0 Å². The zero-order valence-corrected chi connectivity index (χ0v) is 6.76. The third-order valence-electron chi connectivity index (χ3n) is 2.09. The quantitative estimate of drug-likeness (QED) is 0.542. The van der Waals surface area contributed by atoms with E-state index in [1.807, 2.05) is 19.9 Å². The lowest BCUT2D eigenvalue weighted by atomic mass is 9.91. The molecule has 0 aromatic rings. The molecule has 1 heteroatoms.